The average Bonchev–Trinajstić information content (AvgIpc) is 3.07. The number of fused-ring (bicyclic) bond motifs is 3. The Balaban J connectivity index is 1.68. The van der Waals surface area contributed by atoms with E-state index in [4.69, 9.17) is 0 Å². The predicted octanol–water partition coefficient (Wildman–Crippen LogP) is 2.89. The zero-order chi connectivity index (χ0) is 12.8. The molecule has 0 amide bonds. The monoisotopic (exact) mass is 249 g/mol. The van der Waals surface area contributed by atoms with Gasteiger partial charge in [0.2, 0.25) is 0 Å². The van der Waals surface area contributed by atoms with E-state index in [-0.39, 0.29) is 0 Å². The molecule has 3 aliphatic rings. The molecule has 2 nitrogen and oxygen atoms in total. The maximum Gasteiger partial charge on any atom is 0.0730 e. The summed E-state index contributed by atoms with van der Waals surface area (Å²) < 4.78 is 0. The van der Waals surface area contributed by atoms with E-state index < -0.39 is 0 Å². The van der Waals surface area contributed by atoms with Crippen molar-refractivity contribution in [2.75, 3.05) is 0 Å². The van der Waals surface area contributed by atoms with E-state index in [1.807, 2.05) is 0 Å². The van der Waals surface area contributed by atoms with Crippen molar-refractivity contribution >= 4 is 5.71 Å². The van der Waals surface area contributed by atoms with Gasteiger partial charge in [-0.15, -0.1) is 0 Å². The van der Waals surface area contributed by atoms with Crippen LogP contribution in [0.5, 0.6) is 0 Å². The summed E-state index contributed by atoms with van der Waals surface area (Å²) in [5.74, 6) is 2.47. The van der Waals surface area contributed by atoms with E-state index in [1.54, 1.807) is 0 Å². The highest BCUT2D eigenvalue weighted by atomic mass is 15.3. The summed E-state index contributed by atoms with van der Waals surface area (Å²) >= 11 is 0. The van der Waals surface area contributed by atoms with Crippen molar-refractivity contribution in [1.29, 1.82) is 0 Å². The molecule has 1 N–H and O–H groups in total. The number of nitrogens with one attached hydrogen (secondary N) is 1. The first-order chi connectivity index (χ1) is 9.34. The predicted molar refractivity (Wildman–Crippen MR) is 76.9 cm³/mol. The quantitative estimate of drug-likeness (QED) is 0.813. The van der Waals surface area contributed by atoms with Gasteiger partial charge in [0.15, 0.2) is 0 Å². The van der Waals surface area contributed by atoms with Crippen LogP contribution in [0.15, 0.2) is 29.4 Å². The van der Waals surface area contributed by atoms with E-state index in [0.717, 1.165) is 0 Å². The standard InChI is InChI=1S/C17H17N2/c1-11-10-15-16(12-6-2-3-7-12)18-19-17(15)14-9-5-4-8-13(11)14/h2-9,11,15-16,18H,10H2,1H3. The van der Waals surface area contributed by atoms with Gasteiger partial charge in [-0.2, -0.15) is 5.10 Å². The fraction of sp³-hybridized carbons (Fsp3) is 0.294. The highest BCUT2D eigenvalue weighted by Gasteiger charge is 2.42. The van der Waals surface area contributed by atoms with Crippen LogP contribution in [0.3, 0.4) is 0 Å². The SMILES string of the molecule is CC1CC2C(=NNC2[C]2[CH][CH][CH][CH]2)c2ccccc21. The molecule has 95 valence electrons. The minimum absolute atomic E-state index is 0.348. The van der Waals surface area contributed by atoms with Crippen molar-refractivity contribution in [2.45, 2.75) is 25.3 Å². The summed E-state index contributed by atoms with van der Waals surface area (Å²) in [7, 11) is 0. The molecule has 4 rings (SSSR count). The van der Waals surface area contributed by atoms with Gasteiger partial charge in [-0.1, -0.05) is 31.2 Å². The number of hydrazone groups is 1. The Morgan fingerprint density at radius 1 is 1.16 bits per heavy atom. The van der Waals surface area contributed by atoms with Crippen LogP contribution in [0.2, 0.25) is 0 Å². The smallest absolute Gasteiger partial charge is 0.0730 e. The maximum absolute atomic E-state index is 4.64. The van der Waals surface area contributed by atoms with Crippen LogP contribution in [-0.2, 0) is 0 Å². The zero-order valence-corrected chi connectivity index (χ0v) is 11.0. The molecular weight excluding hydrogens is 232 g/mol. The minimum Gasteiger partial charge on any atom is -0.305 e. The lowest BCUT2D eigenvalue weighted by Gasteiger charge is -2.32. The van der Waals surface area contributed by atoms with Crippen LogP contribution in [0.4, 0.5) is 0 Å². The topological polar surface area (TPSA) is 24.4 Å². The van der Waals surface area contributed by atoms with Crippen molar-refractivity contribution in [1.82, 2.24) is 5.43 Å². The molecule has 1 heterocycles. The Bertz CT molecular complexity index is 514. The molecule has 2 aliphatic carbocycles. The van der Waals surface area contributed by atoms with E-state index in [0.29, 0.717) is 17.9 Å². The van der Waals surface area contributed by atoms with Crippen molar-refractivity contribution in [3.8, 4) is 0 Å². The molecule has 0 spiro atoms. The third-order valence-corrected chi connectivity index (χ3v) is 4.50. The number of benzene rings is 1. The molecule has 1 aromatic carbocycles. The van der Waals surface area contributed by atoms with Gasteiger partial charge in [0, 0.05) is 17.4 Å². The van der Waals surface area contributed by atoms with Crippen LogP contribution in [0.25, 0.3) is 0 Å². The van der Waals surface area contributed by atoms with Crippen molar-refractivity contribution in [3.63, 3.8) is 0 Å². The third-order valence-electron chi connectivity index (χ3n) is 4.50. The Labute approximate surface area is 115 Å². The van der Waals surface area contributed by atoms with Gasteiger partial charge in [0.25, 0.3) is 0 Å². The molecule has 0 aromatic heterocycles. The summed E-state index contributed by atoms with van der Waals surface area (Å²) in [4.78, 5) is 0. The Hall–Kier alpha value is -1.31. The lowest BCUT2D eigenvalue weighted by atomic mass is 9.71. The van der Waals surface area contributed by atoms with Gasteiger partial charge >= 0.3 is 0 Å². The van der Waals surface area contributed by atoms with Crippen molar-refractivity contribution < 1.29 is 0 Å². The molecule has 19 heavy (non-hydrogen) atoms. The van der Waals surface area contributed by atoms with E-state index in [2.05, 4.69) is 67.4 Å². The first-order valence-corrected chi connectivity index (χ1v) is 6.98. The number of nitrogens with zero attached hydrogens (tertiary/aromatic N) is 1. The summed E-state index contributed by atoms with van der Waals surface area (Å²) in [6, 6.07) is 9.06. The third kappa shape index (κ3) is 1.73. The Kier molecular flexibility index (Phi) is 2.64. The van der Waals surface area contributed by atoms with Gasteiger partial charge in [-0.3, -0.25) is 0 Å². The lowest BCUT2D eigenvalue weighted by Crippen LogP contribution is -2.38. The molecule has 2 heteroatoms. The molecule has 1 aliphatic heterocycles. The van der Waals surface area contributed by atoms with E-state index >= 15 is 0 Å². The highest BCUT2D eigenvalue weighted by Crippen LogP contribution is 2.42. The molecule has 1 saturated carbocycles. The first-order valence-electron chi connectivity index (χ1n) is 6.98. The van der Waals surface area contributed by atoms with Crippen molar-refractivity contribution in [2.24, 2.45) is 11.0 Å². The van der Waals surface area contributed by atoms with Crippen molar-refractivity contribution in [3.05, 3.63) is 67.0 Å². The summed E-state index contributed by atoms with van der Waals surface area (Å²) in [5, 5.41) is 4.64. The molecule has 3 unspecified atom stereocenters. The second kappa shape index (κ2) is 4.36. The second-order valence-electron chi connectivity index (χ2n) is 5.65. The van der Waals surface area contributed by atoms with E-state index in [1.165, 1.54) is 29.2 Å². The number of hydrogen-bond acceptors (Lipinski definition) is 2. The fourth-order valence-electron chi connectivity index (χ4n) is 3.55. The molecule has 0 bridgehead atoms. The number of rotatable bonds is 1. The summed E-state index contributed by atoms with van der Waals surface area (Å²) in [5.41, 5.74) is 7.39. The molecule has 3 atom stereocenters. The van der Waals surface area contributed by atoms with Crippen LogP contribution in [0, 0.1) is 37.5 Å². The summed E-state index contributed by atoms with van der Waals surface area (Å²) in [6.07, 6.45) is 9.78. The van der Waals surface area contributed by atoms with Gasteiger partial charge in [-0.05, 0) is 43.6 Å². The Morgan fingerprint density at radius 3 is 2.79 bits per heavy atom. The molecule has 1 aromatic rings. The highest BCUT2D eigenvalue weighted by molar-refractivity contribution is 6.06. The minimum atomic E-state index is 0.348. The lowest BCUT2D eigenvalue weighted by molar-refractivity contribution is 0.448. The summed E-state index contributed by atoms with van der Waals surface area (Å²) in [6.45, 7) is 2.33. The molecule has 5 radical (unpaired) electrons. The fourth-order valence-corrected chi connectivity index (χ4v) is 3.55. The van der Waals surface area contributed by atoms with Crippen LogP contribution in [0.1, 0.15) is 30.4 Å². The van der Waals surface area contributed by atoms with Crippen LogP contribution >= 0.6 is 0 Å². The second-order valence-corrected chi connectivity index (χ2v) is 5.65. The van der Waals surface area contributed by atoms with Gasteiger partial charge < -0.3 is 5.43 Å². The van der Waals surface area contributed by atoms with Gasteiger partial charge in [0.05, 0.1) is 11.8 Å². The largest absolute Gasteiger partial charge is 0.305 e. The molecule has 0 saturated heterocycles. The molecule has 1 fully saturated rings. The first kappa shape index (κ1) is 11.5. The maximum atomic E-state index is 4.64. The van der Waals surface area contributed by atoms with Crippen LogP contribution in [-0.4, -0.2) is 11.8 Å². The van der Waals surface area contributed by atoms with E-state index in [9.17, 15) is 0 Å². The zero-order valence-electron chi connectivity index (χ0n) is 11.0. The number of hydrogen-bond donors (Lipinski definition) is 1. The van der Waals surface area contributed by atoms with Crippen LogP contribution < -0.4 is 5.43 Å². The average molecular weight is 249 g/mol. The van der Waals surface area contributed by atoms with Gasteiger partial charge in [0.1, 0.15) is 0 Å². The Morgan fingerprint density at radius 2 is 1.95 bits per heavy atom. The molecular formula is C17H17N2. The normalized spacial score (nSPS) is 33.5. The van der Waals surface area contributed by atoms with Gasteiger partial charge in [-0.25, -0.2) is 0 Å².